The molecular formula is C14H16BrN3. The molecule has 0 aliphatic heterocycles. The molecule has 0 amide bonds. The van der Waals surface area contributed by atoms with Crippen molar-refractivity contribution in [1.82, 2.24) is 4.98 Å². The van der Waals surface area contributed by atoms with Crippen LogP contribution in [0.15, 0.2) is 41.0 Å². The van der Waals surface area contributed by atoms with Crippen LogP contribution in [0, 0.1) is 6.92 Å². The van der Waals surface area contributed by atoms with Crippen molar-refractivity contribution in [1.29, 1.82) is 0 Å². The monoisotopic (exact) mass is 305 g/mol. The molecular weight excluding hydrogens is 290 g/mol. The lowest BCUT2D eigenvalue weighted by molar-refractivity contribution is 0.895. The normalized spacial score (nSPS) is 10.4. The van der Waals surface area contributed by atoms with Crippen molar-refractivity contribution in [3.63, 3.8) is 0 Å². The number of nitrogens with two attached hydrogens (primary N) is 1. The molecule has 94 valence electrons. The Kier molecular flexibility index (Phi) is 3.87. The summed E-state index contributed by atoms with van der Waals surface area (Å²) >= 11 is 3.55. The van der Waals surface area contributed by atoms with E-state index in [4.69, 9.17) is 5.73 Å². The Morgan fingerprint density at radius 2 is 2.06 bits per heavy atom. The van der Waals surface area contributed by atoms with Gasteiger partial charge in [0.25, 0.3) is 0 Å². The third-order valence-electron chi connectivity index (χ3n) is 2.76. The lowest BCUT2D eigenvalue weighted by atomic mass is 10.2. The first kappa shape index (κ1) is 12.9. The zero-order valence-electron chi connectivity index (χ0n) is 10.5. The van der Waals surface area contributed by atoms with Crippen molar-refractivity contribution < 1.29 is 0 Å². The van der Waals surface area contributed by atoms with Gasteiger partial charge in [-0.3, -0.25) is 0 Å². The molecule has 1 aromatic heterocycles. The van der Waals surface area contributed by atoms with Crippen LogP contribution in [0.3, 0.4) is 0 Å². The van der Waals surface area contributed by atoms with Crippen molar-refractivity contribution in [2.45, 2.75) is 13.5 Å². The van der Waals surface area contributed by atoms with Gasteiger partial charge in [-0.15, -0.1) is 0 Å². The molecule has 4 heteroatoms. The lowest BCUT2D eigenvalue weighted by Gasteiger charge is -2.20. The average molecular weight is 306 g/mol. The highest BCUT2D eigenvalue weighted by molar-refractivity contribution is 9.10. The van der Waals surface area contributed by atoms with Crippen LogP contribution in [-0.4, -0.2) is 12.0 Å². The van der Waals surface area contributed by atoms with Crippen molar-refractivity contribution in [2.75, 3.05) is 17.7 Å². The number of nitrogens with zero attached hydrogens (tertiary/aromatic N) is 2. The van der Waals surface area contributed by atoms with E-state index in [-0.39, 0.29) is 0 Å². The molecule has 2 aromatic rings. The van der Waals surface area contributed by atoms with Crippen LogP contribution < -0.4 is 10.6 Å². The maximum absolute atomic E-state index is 6.00. The molecule has 1 heterocycles. The second-order valence-corrected chi connectivity index (χ2v) is 5.23. The maximum atomic E-state index is 6.00. The molecule has 0 radical (unpaired) electrons. The van der Waals surface area contributed by atoms with Crippen LogP contribution in [-0.2, 0) is 6.54 Å². The SMILES string of the molecule is Cc1cnc(N(C)Cc2ccccc2Br)c(N)c1. The predicted molar refractivity (Wildman–Crippen MR) is 79.6 cm³/mol. The van der Waals surface area contributed by atoms with Crippen molar-refractivity contribution >= 4 is 27.4 Å². The molecule has 0 saturated carbocycles. The summed E-state index contributed by atoms with van der Waals surface area (Å²) in [4.78, 5) is 6.44. The minimum Gasteiger partial charge on any atom is -0.396 e. The van der Waals surface area contributed by atoms with Crippen molar-refractivity contribution in [2.24, 2.45) is 0 Å². The van der Waals surface area contributed by atoms with E-state index in [0.717, 1.165) is 22.4 Å². The van der Waals surface area contributed by atoms with Crippen LogP contribution in [0.2, 0.25) is 0 Å². The summed E-state index contributed by atoms with van der Waals surface area (Å²) in [5.41, 5.74) is 9.00. The molecule has 0 fully saturated rings. The Morgan fingerprint density at radius 3 is 2.72 bits per heavy atom. The minimum atomic E-state index is 0.713. The van der Waals surface area contributed by atoms with Gasteiger partial charge in [0.05, 0.1) is 5.69 Å². The van der Waals surface area contributed by atoms with Crippen molar-refractivity contribution in [3.05, 3.63) is 52.1 Å². The number of rotatable bonds is 3. The zero-order chi connectivity index (χ0) is 13.1. The third-order valence-corrected chi connectivity index (χ3v) is 3.53. The predicted octanol–water partition coefficient (Wildman–Crippen LogP) is 3.37. The van der Waals surface area contributed by atoms with Gasteiger partial charge in [-0.25, -0.2) is 4.98 Å². The van der Waals surface area contributed by atoms with Crippen LogP contribution in [0.1, 0.15) is 11.1 Å². The maximum Gasteiger partial charge on any atom is 0.151 e. The fraction of sp³-hybridized carbons (Fsp3) is 0.214. The Bertz CT molecular complexity index is 554. The van der Waals surface area contributed by atoms with Gasteiger partial charge in [-0.05, 0) is 30.2 Å². The topological polar surface area (TPSA) is 42.2 Å². The highest BCUT2D eigenvalue weighted by atomic mass is 79.9. The molecule has 2 rings (SSSR count). The number of benzene rings is 1. The summed E-state index contributed by atoms with van der Waals surface area (Å²) in [5, 5.41) is 0. The average Bonchev–Trinajstić information content (AvgIpc) is 2.32. The number of aryl methyl sites for hydroxylation is 1. The molecule has 2 N–H and O–H groups in total. The van der Waals surface area contributed by atoms with Gasteiger partial charge in [0.2, 0.25) is 0 Å². The van der Waals surface area contributed by atoms with Gasteiger partial charge in [-0.2, -0.15) is 0 Å². The standard InChI is InChI=1S/C14H16BrN3/c1-10-7-13(16)14(17-8-10)18(2)9-11-5-3-4-6-12(11)15/h3-8H,9,16H2,1-2H3. The summed E-state index contributed by atoms with van der Waals surface area (Å²) in [6.07, 6.45) is 1.84. The summed E-state index contributed by atoms with van der Waals surface area (Å²) in [7, 11) is 1.99. The van der Waals surface area contributed by atoms with Gasteiger partial charge in [0.1, 0.15) is 0 Å². The number of nitrogen functional groups attached to an aromatic ring is 1. The van der Waals surface area contributed by atoms with Gasteiger partial charge >= 0.3 is 0 Å². The first-order valence-corrected chi connectivity index (χ1v) is 6.54. The molecule has 0 aliphatic rings. The van der Waals surface area contributed by atoms with Crippen LogP contribution >= 0.6 is 15.9 Å². The molecule has 0 atom stereocenters. The first-order chi connectivity index (χ1) is 8.58. The van der Waals surface area contributed by atoms with Gasteiger partial charge in [-0.1, -0.05) is 34.1 Å². The van der Waals surface area contributed by atoms with Crippen molar-refractivity contribution in [3.8, 4) is 0 Å². The Labute approximate surface area is 116 Å². The van der Waals surface area contributed by atoms with E-state index in [0.29, 0.717) is 5.69 Å². The quantitative estimate of drug-likeness (QED) is 0.945. The van der Waals surface area contributed by atoms with E-state index in [1.165, 1.54) is 5.56 Å². The van der Waals surface area contributed by atoms with Crippen LogP contribution in [0.4, 0.5) is 11.5 Å². The Balaban J connectivity index is 2.22. The van der Waals surface area contributed by atoms with Crippen LogP contribution in [0.5, 0.6) is 0 Å². The number of anilines is 2. The number of hydrogen-bond donors (Lipinski definition) is 1. The van der Waals surface area contributed by atoms with E-state index < -0.39 is 0 Å². The highest BCUT2D eigenvalue weighted by Crippen LogP contribution is 2.24. The van der Waals surface area contributed by atoms with Gasteiger partial charge < -0.3 is 10.6 Å². The lowest BCUT2D eigenvalue weighted by Crippen LogP contribution is -2.19. The number of pyridine rings is 1. The number of halogens is 1. The van der Waals surface area contributed by atoms with E-state index in [1.54, 1.807) is 0 Å². The van der Waals surface area contributed by atoms with Crippen LogP contribution in [0.25, 0.3) is 0 Å². The molecule has 0 saturated heterocycles. The number of hydrogen-bond acceptors (Lipinski definition) is 3. The third kappa shape index (κ3) is 2.82. The Hall–Kier alpha value is -1.55. The molecule has 0 aliphatic carbocycles. The van der Waals surface area contributed by atoms with E-state index >= 15 is 0 Å². The second kappa shape index (κ2) is 5.40. The van der Waals surface area contributed by atoms with E-state index in [9.17, 15) is 0 Å². The molecule has 3 nitrogen and oxygen atoms in total. The summed E-state index contributed by atoms with van der Waals surface area (Å²) in [5.74, 6) is 0.816. The minimum absolute atomic E-state index is 0.713. The molecule has 1 aromatic carbocycles. The number of aromatic nitrogens is 1. The van der Waals surface area contributed by atoms with E-state index in [2.05, 4.69) is 31.9 Å². The largest absolute Gasteiger partial charge is 0.396 e. The smallest absolute Gasteiger partial charge is 0.151 e. The molecule has 0 bridgehead atoms. The molecule has 0 unspecified atom stereocenters. The zero-order valence-corrected chi connectivity index (χ0v) is 12.1. The summed E-state index contributed by atoms with van der Waals surface area (Å²) < 4.78 is 1.10. The van der Waals surface area contributed by atoms with E-state index in [1.807, 2.05) is 44.4 Å². The fourth-order valence-electron chi connectivity index (χ4n) is 1.86. The Morgan fingerprint density at radius 1 is 1.33 bits per heavy atom. The molecule has 0 spiro atoms. The second-order valence-electron chi connectivity index (χ2n) is 4.37. The summed E-state index contributed by atoms with van der Waals surface area (Å²) in [6.45, 7) is 2.75. The first-order valence-electron chi connectivity index (χ1n) is 5.74. The molecule has 18 heavy (non-hydrogen) atoms. The highest BCUT2D eigenvalue weighted by Gasteiger charge is 2.09. The van der Waals surface area contributed by atoms with Gasteiger partial charge in [0.15, 0.2) is 5.82 Å². The fourth-order valence-corrected chi connectivity index (χ4v) is 2.27. The summed E-state index contributed by atoms with van der Waals surface area (Å²) in [6, 6.07) is 10.1. The van der Waals surface area contributed by atoms with Gasteiger partial charge in [0, 0.05) is 24.3 Å².